The first-order valence-corrected chi connectivity index (χ1v) is 12.9. The number of hydrogen-bond donors (Lipinski definition) is 1. The standard InChI is InChI=1S/C24H29NO3Si/c1-24(2,3)29(4,5)28-19-12-10-17(11-13-19)14-22(26)23(27)15-18-16-25-21-9-7-6-8-20(18)21/h6-13,16,25H,14-15H2,1-5H3. The predicted molar refractivity (Wildman–Crippen MR) is 120 cm³/mol. The van der Waals surface area contributed by atoms with Crippen LogP contribution >= 0.6 is 0 Å². The van der Waals surface area contributed by atoms with Crippen LogP contribution in [0.15, 0.2) is 54.7 Å². The van der Waals surface area contributed by atoms with E-state index in [0.29, 0.717) is 0 Å². The van der Waals surface area contributed by atoms with Crippen LogP contribution in [0.3, 0.4) is 0 Å². The zero-order valence-corrected chi connectivity index (χ0v) is 18.8. The molecule has 0 aliphatic heterocycles. The summed E-state index contributed by atoms with van der Waals surface area (Å²) in [5.41, 5.74) is 2.65. The van der Waals surface area contributed by atoms with Crippen molar-refractivity contribution in [3.8, 4) is 5.75 Å². The smallest absolute Gasteiger partial charge is 0.250 e. The van der Waals surface area contributed by atoms with E-state index in [4.69, 9.17) is 4.43 Å². The summed E-state index contributed by atoms with van der Waals surface area (Å²) in [5.74, 6) is 0.0857. The lowest BCUT2D eigenvalue weighted by molar-refractivity contribution is -0.135. The molecular formula is C24H29NO3Si. The highest BCUT2D eigenvalue weighted by atomic mass is 28.4. The minimum Gasteiger partial charge on any atom is -0.544 e. The fraction of sp³-hybridized carbons (Fsp3) is 0.333. The largest absolute Gasteiger partial charge is 0.544 e. The quantitative estimate of drug-likeness (QED) is 0.417. The van der Waals surface area contributed by atoms with Crippen LogP contribution in [0.2, 0.25) is 18.1 Å². The Morgan fingerprint density at radius 1 is 0.931 bits per heavy atom. The maximum absolute atomic E-state index is 12.4. The molecule has 4 nitrogen and oxygen atoms in total. The van der Waals surface area contributed by atoms with Gasteiger partial charge in [0.15, 0.2) is 0 Å². The second-order valence-corrected chi connectivity index (χ2v) is 13.8. The summed E-state index contributed by atoms with van der Waals surface area (Å²) in [4.78, 5) is 28.0. The molecule has 0 spiro atoms. The molecule has 0 aliphatic carbocycles. The Hall–Kier alpha value is -2.66. The Kier molecular flexibility index (Phi) is 5.80. The molecular weight excluding hydrogens is 378 g/mol. The van der Waals surface area contributed by atoms with E-state index in [9.17, 15) is 9.59 Å². The molecule has 1 heterocycles. The van der Waals surface area contributed by atoms with E-state index >= 15 is 0 Å². The van der Waals surface area contributed by atoms with Crippen molar-refractivity contribution in [3.63, 3.8) is 0 Å². The normalized spacial score (nSPS) is 12.2. The molecule has 0 saturated heterocycles. The van der Waals surface area contributed by atoms with E-state index in [-0.39, 0.29) is 29.4 Å². The van der Waals surface area contributed by atoms with Crippen LogP contribution in [-0.2, 0) is 22.4 Å². The summed E-state index contributed by atoms with van der Waals surface area (Å²) in [6.45, 7) is 11.0. The SMILES string of the molecule is CC(C)(C)[Si](C)(C)Oc1ccc(CC(=O)C(=O)Cc2c[nH]c3ccccc23)cc1. The van der Waals surface area contributed by atoms with E-state index in [1.807, 2.05) is 54.7 Å². The lowest BCUT2D eigenvalue weighted by atomic mass is 10.0. The molecule has 1 aromatic heterocycles. The van der Waals surface area contributed by atoms with Gasteiger partial charge in [-0.3, -0.25) is 9.59 Å². The minimum absolute atomic E-state index is 0.113. The van der Waals surface area contributed by atoms with Crippen LogP contribution in [0.4, 0.5) is 0 Å². The number of aromatic nitrogens is 1. The van der Waals surface area contributed by atoms with Gasteiger partial charge in [-0.05, 0) is 47.5 Å². The van der Waals surface area contributed by atoms with Gasteiger partial charge in [-0.15, -0.1) is 0 Å². The van der Waals surface area contributed by atoms with E-state index < -0.39 is 8.32 Å². The highest BCUT2D eigenvalue weighted by molar-refractivity contribution is 6.74. The Bertz CT molecular complexity index is 1030. The van der Waals surface area contributed by atoms with Gasteiger partial charge in [0.1, 0.15) is 5.75 Å². The first-order chi connectivity index (χ1) is 13.6. The van der Waals surface area contributed by atoms with Crippen molar-refractivity contribution in [1.82, 2.24) is 4.98 Å². The number of carbonyl (C=O) groups is 2. The summed E-state index contributed by atoms with van der Waals surface area (Å²) < 4.78 is 6.27. The first-order valence-electron chi connectivity index (χ1n) is 9.96. The number of H-pyrrole nitrogens is 1. The number of ketones is 2. The van der Waals surface area contributed by atoms with Crippen molar-refractivity contribution >= 4 is 30.8 Å². The van der Waals surface area contributed by atoms with Gasteiger partial charge in [0, 0.05) is 29.9 Å². The fourth-order valence-corrected chi connectivity index (χ4v) is 3.99. The third-order valence-electron chi connectivity index (χ3n) is 5.80. The van der Waals surface area contributed by atoms with Crippen LogP contribution in [0.25, 0.3) is 10.9 Å². The molecule has 29 heavy (non-hydrogen) atoms. The zero-order valence-electron chi connectivity index (χ0n) is 17.8. The Labute approximate surface area is 173 Å². The molecule has 0 bridgehead atoms. The van der Waals surface area contributed by atoms with Crippen LogP contribution in [0.5, 0.6) is 5.75 Å². The molecule has 0 atom stereocenters. The van der Waals surface area contributed by atoms with Crippen molar-refractivity contribution in [2.24, 2.45) is 0 Å². The molecule has 0 saturated carbocycles. The number of nitrogens with one attached hydrogen (secondary N) is 1. The monoisotopic (exact) mass is 407 g/mol. The number of hydrogen-bond acceptors (Lipinski definition) is 3. The number of rotatable bonds is 7. The van der Waals surface area contributed by atoms with Gasteiger partial charge in [-0.2, -0.15) is 0 Å². The number of Topliss-reactive ketones (excluding diaryl/α,β-unsaturated/α-hetero) is 2. The van der Waals surface area contributed by atoms with E-state index in [2.05, 4.69) is 38.8 Å². The lowest BCUT2D eigenvalue weighted by Gasteiger charge is -2.36. The topological polar surface area (TPSA) is 59.2 Å². The summed E-state index contributed by atoms with van der Waals surface area (Å²) in [5, 5.41) is 1.11. The number of fused-ring (bicyclic) bond motifs is 1. The van der Waals surface area contributed by atoms with Gasteiger partial charge in [0.25, 0.3) is 0 Å². The maximum Gasteiger partial charge on any atom is 0.250 e. The van der Waals surface area contributed by atoms with Crippen LogP contribution < -0.4 is 4.43 Å². The number of aromatic amines is 1. The molecule has 3 aromatic rings. The van der Waals surface area contributed by atoms with Crippen molar-refractivity contribution < 1.29 is 14.0 Å². The average Bonchev–Trinajstić information content (AvgIpc) is 3.05. The van der Waals surface area contributed by atoms with E-state index in [1.54, 1.807) is 0 Å². The molecule has 2 aromatic carbocycles. The van der Waals surface area contributed by atoms with Crippen LogP contribution in [-0.4, -0.2) is 24.9 Å². The van der Waals surface area contributed by atoms with Gasteiger partial charge >= 0.3 is 0 Å². The second-order valence-electron chi connectivity index (χ2n) is 9.07. The maximum atomic E-state index is 12.4. The number of para-hydroxylation sites is 1. The van der Waals surface area contributed by atoms with Gasteiger partial charge < -0.3 is 9.41 Å². The zero-order chi connectivity index (χ0) is 21.2. The molecule has 3 rings (SSSR count). The highest BCUT2D eigenvalue weighted by Gasteiger charge is 2.38. The Balaban J connectivity index is 1.62. The van der Waals surface area contributed by atoms with Gasteiger partial charge in [0.05, 0.1) is 0 Å². The number of benzene rings is 2. The van der Waals surface area contributed by atoms with Crippen molar-refractivity contribution in [2.45, 2.75) is 51.7 Å². The number of carbonyl (C=O) groups excluding carboxylic acids is 2. The van der Waals surface area contributed by atoms with Crippen LogP contribution in [0, 0.1) is 0 Å². The van der Waals surface area contributed by atoms with Crippen LogP contribution in [0.1, 0.15) is 31.9 Å². The molecule has 0 aliphatic rings. The van der Waals surface area contributed by atoms with E-state index in [1.165, 1.54) is 0 Å². The van der Waals surface area contributed by atoms with Gasteiger partial charge in [-0.25, -0.2) is 0 Å². The molecule has 5 heteroatoms. The summed E-state index contributed by atoms with van der Waals surface area (Å²) >= 11 is 0. The molecule has 1 N–H and O–H groups in total. The van der Waals surface area contributed by atoms with Crippen molar-refractivity contribution in [2.75, 3.05) is 0 Å². The summed E-state index contributed by atoms with van der Waals surface area (Å²) in [6, 6.07) is 15.3. The Morgan fingerprint density at radius 3 is 2.21 bits per heavy atom. The first kappa shape index (κ1) is 21.1. The molecule has 0 fully saturated rings. The predicted octanol–water partition coefficient (Wildman–Crippen LogP) is 5.48. The summed E-state index contributed by atoms with van der Waals surface area (Å²) in [6.07, 6.45) is 2.04. The fourth-order valence-electron chi connectivity index (χ4n) is 2.96. The average molecular weight is 408 g/mol. The molecule has 0 amide bonds. The third-order valence-corrected chi connectivity index (χ3v) is 10.2. The van der Waals surface area contributed by atoms with Crippen molar-refractivity contribution in [1.29, 1.82) is 0 Å². The molecule has 0 unspecified atom stereocenters. The lowest BCUT2D eigenvalue weighted by Crippen LogP contribution is -2.43. The third kappa shape index (κ3) is 4.85. The molecule has 152 valence electrons. The van der Waals surface area contributed by atoms with Gasteiger partial charge in [-0.1, -0.05) is 51.1 Å². The Morgan fingerprint density at radius 2 is 1.55 bits per heavy atom. The molecule has 0 radical (unpaired) electrons. The van der Waals surface area contributed by atoms with E-state index in [0.717, 1.165) is 27.8 Å². The van der Waals surface area contributed by atoms with Gasteiger partial charge in [0.2, 0.25) is 19.9 Å². The minimum atomic E-state index is -1.90. The van der Waals surface area contributed by atoms with Crippen molar-refractivity contribution in [3.05, 3.63) is 65.9 Å². The summed E-state index contributed by atoms with van der Waals surface area (Å²) in [7, 11) is -1.90. The highest BCUT2D eigenvalue weighted by Crippen LogP contribution is 2.37. The second kappa shape index (κ2) is 7.99.